The predicted molar refractivity (Wildman–Crippen MR) is 81.7 cm³/mol. The molecular weight excluding hydrogens is 262 g/mol. The normalized spacial score (nSPS) is 45.1. The van der Waals surface area contributed by atoms with E-state index < -0.39 is 0 Å². The van der Waals surface area contributed by atoms with Crippen molar-refractivity contribution in [3.63, 3.8) is 0 Å². The average molecular weight is 291 g/mol. The topological polar surface area (TPSA) is 40.5 Å². The molecule has 1 aliphatic heterocycles. The van der Waals surface area contributed by atoms with Crippen LogP contribution in [0.5, 0.6) is 0 Å². The van der Waals surface area contributed by atoms with Crippen LogP contribution in [0.2, 0.25) is 0 Å². The van der Waals surface area contributed by atoms with E-state index in [0.717, 1.165) is 50.0 Å². The van der Waals surface area contributed by atoms with Crippen molar-refractivity contribution >= 4 is 5.91 Å². The molecule has 0 aromatic rings. The van der Waals surface area contributed by atoms with Gasteiger partial charge < -0.3 is 10.0 Å². The molecule has 21 heavy (non-hydrogen) atoms. The van der Waals surface area contributed by atoms with Crippen LogP contribution in [0, 0.1) is 23.2 Å². The number of aliphatic hydroxyl groups is 1. The number of likely N-dealkylation sites (tertiary alicyclic amines) is 1. The van der Waals surface area contributed by atoms with E-state index in [1.165, 1.54) is 38.5 Å². The Morgan fingerprint density at radius 1 is 1.05 bits per heavy atom. The van der Waals surface area contributed by atoms with Crippen molar-refractivity contribution in [1.29, 1.82) is 0 Å². The molecule has 0 spiro atoms. The molecule has 3 nitrogen and oxygen atoms in total. The van der Waals surface area contributed by atoms with Crippen molar-refractivity contribution in [2.75, 3.05) is 13.2 Å². The van der Waals surface area contributed by atoms with E-state index in [9.17, 15) is 9.90 Å². The minimum atomic E-state index is 0.0974. The monoisotopic (exact) mass is 291 g/mol. The molecule has 4 bridgehead atoms. The van der Waals surface area contributed by atoms with Crippen LogP contribution in [0.15, 0.2) is 0 Å². The minimum absolute atomic E-state index is 0.0974. The number of hydrogen-bond donors (Lipinski definition) is 1. The average Bonchev–Trinajstić information content (AvgIpc) is 2.45. The molecule has 1 heterocycles. The van der Waals surface area contributed by atoms with Gasteiger partial charge in [0.25, 0.3) is 0 Å². The van der Waals surface area contributed by atoms with Gasteiger partial charge in [-0.1, -0.05) is 0 Å². The molecular formula is C18H29NO2. The van der Waals surface area contributed by atoms with Gasteiger partial charge in [-0.15, -0.1) is 0 Å². The molecule has 5 rings (SSSR count). The largest absolute Gasteiger partial charge is 0.394 e. The van der Waals surface area contributed by atoms with Gasteiger partial charge in [0, 0.05) is 13.0 Å². The zero-order chi connectivity index (χ0) is 14.4. The minimum Gasteiger partial charge on any atom is -0.394 e. The summed E-state index contributed by atoms with van der Waals surface area (Å²) >= 11 is 0. The summed E-state index contributed by atoms with van der Waals surface area (Å²) in [6.07, 6.45) is 12.3. The summed E-state index contributed by atoms with van der Waals surface area (Å²) in [5, 5.41) is 9.55. The highest BCUT2D eigenvalue weighted by atomic mass is 16.3. The van der Waals surface area contributed by atoms with Crippen LogP contribution in [0.1, 0.15) is 64.2 Å². The van der Waals surface area contributed by atoms with Crippen molar-refractivity contribution in [2.45, 2.75) is 70.3 Å². The summed E-state index contributed by atoms with van der Waals surface area (Å²) in [7, 11) is 0. The molecule has 0 aromatic heterocycles. The number of piperidine rings is 1. The highest BCUT2D eigenvalue weighted by Crippen LogP contribution is 2.61. The zero-order valence-corrected chi connectivity index (χ0v) is 13.1. The quantitative estimate of drug-likeness (QED) is 0.868. The Morgan fingerprint density at radius 2 is 1.67 bits per heavy atom. The fraction of sp³-hybridized carbons (Fsp3) is 0.944. The molecule has 3 heteroatoms. The molecule has 1 atom stereocenters. The number of amides is 1. The Kier molecular flexibility index (Phi) is 3.52. The molecule has 1 amide bonds. The van der Waals surface area contributed by atoms with Crippen molar-refractivity contribution in [3.8, 4) is 0 Å². The second-order valence-corrected chi connectivity index (χ2v) is 8.51. The maximum atomic E-state index is 12.9. The van der Waals surface area contributed by atoms with E-state index in [4.69, 9.17) is 0 Å². The highest BCUT2D eigenvalue weighted by Gasteiger charge is 2.51. The first-order valence-electron chi connectivity index (χ1n) is 9.08. The maximum Gasteiger partial charge on any atom is 0.223 e. The van der Waals surface area contributed by atoms with E-state index >= 15 is 0 Å². The maximum absolute atomic E-state index is 12.9. The molecule has 118 valence electrons. The van der Waals surface area contributed by atoms with Crippen LogP contribution in [0.3, 0.4) is 0 Å². The van der Waals surface area contributed by atoms with E-state index in [2.05, 4.69) is 0 Å². The van der Waals surface area contributed by atoms with Gasteiger partial charge in [0.1, 0.15) is 0 Å². The third kappa shape index (κ3) is 2.52. The lowest BCUT2D eigenvalue weighted by Gasteiger charge is -2.57. The number of carbonyl (C=O) groups is 1. The number of carbonyl (C=O) groups excluding carboxylic acids is 1. The fourth-order valence-electron chi connectivity index (χ4n) is 6.45. The lowest BCUT2D eigenvalue weighted by molar-refractivity contribution is -0.144. The first-order valence-corrected chi connectivity index (χ1v) is 9.08. The molecule has 1 saturated heterocycles. The van der Waals surface area contributed by atoms with E-state index in [1.807, 2.05) is 4.90 Å². The van der Waals surface area contributed by atoms with Gasteiger partial charge in [0.2, 0.25) is 5.91 Å². The highest BCUT2D eigenvalue weighted by molar-refractivity contribution is 5.77. The van der Waals surface area contributed by atoms with Crippen LogP contribution in [-0.4, -0.2) is 35.1 Å². The third-order valence-electron chi connectivity index (χ3n) is 6.85. The van der Waals surface area contributed by atoms with Crippen LogP contribution in [0.25, 0.3) is 0 Å². The second kappa shape index (κ2) is 5.26. The standard InChI is InChI=1S/C18H29NO2/c20-12-16-3-1-2-4-19(16)17(21)11-18-8-13-5-14(9-18)7-15(6-13)10-18/h13-16,20H,1-12H2. The van der Waals surface area contributed by atoms with Gasteiger partial charge in [-0.3, -0.25) is 4.79 Å². The summed E-state index contributed by atoms with van der Waals surface area (Å²) in [6.45, 7) is 1.02. The number of rotatable bonds is 3. The molecule has 0 aromatic carbocycles. The molecule has 4 aliphatic carbocycles. The second-order valence-electron chi connectivity index (χ2n) is 8.51. The Hall–Kier alpha value is -0.570. The SMILES string of the molecule is O=C(CC12CC3CC(CC(C3)C1)C2)N1CCCCC1CO. The summed E-state index contributed by atoms with van der Waals surface area (Å²) in [4.78, 5) is 14.9. The molecule has 1 N–H and O–H groups in total. The Morgan fingerprint density at radius 3 is 2.24 bits per heavy atom. The lowest BCUT2D eigenvalue weighted by atomic mass is 9.49. The number of hydrogen-bond acceptors (Lipinski definition) is 2. The zero-order valence-electron chi connectivity index (χ0n) is 13.1. The smallest absolute Gasteiger partial charge is 0.223 e. The number of aliphatic hydroxyl groups excluding tert-OH is 1. The van der Waals surface area contributed by atoms with E-state index in [0.29, 0.717) is 11.3 Å². The van der Waals surface area contributed by atoms with Crippen LogP contribution >= 0.6 is 0 Å². The Balaban J connectivity index is 1.46. The molecule has 4 saturated carbocycles. The first kappa shape index (κ1) is 14.0. The van der Waals surface area contributed by atoms with Gasteiger partial charge in [-0.05, 0) is 81.0 Å². The van der Waals surface area contributed by atoms with Gasteiger partial charge in [-0.25, -0.2) is 0 Å². The van der Waals surface area contributed by atoms with Crippen LogP contribution in [0.4, 0.5) is 0 Å². The van der Waals surface area contributed by atoms with Gasteiger partial charge >= 0.3 is 0 Å². The van der Waals surface area contributed by atoms with Crippen molar-refractivity contribution in [1.82, 2.24) is 4.90 Å². The van der Waals surface area contributed by atoms with Crippen molar-refractivity contribution < 1.29 is 9.90 Å². The van der Waals surface area contributed by atoms with Gasteiger partial charge in [-0.2, -0.15) is 0 Å². The van der Waals surface area contributed by atoms with Crippen molar-refractivity contribution in [2.24, 2.45) is 23.2 Å². The summed E-state index contributed by atoms with van der Waals surface area (Å²) < 4.78 is 0. The van der Waals surface area contributed by atoms with Crippen LogP contribution < -0.4 is 0 Å². The summed E-state index contributed by atoms with van der Waals surface area (Å²) in [6, 6.07) is 0.0974. The molecule has 5 fully saturated rings. The molecule has 5 aliphatic rings. The summed E-state index contributed by atoms with van der Waals surface area (Å²) in [5.74, 6) is 3.09. The predicted octanol–water partition coefficient (Wildman–Crippen LogP) is 2.97. The lowest BCUT2D eigenvalue weighted by Crippen LogP contribution is -2.51. The molecule has 1 unspecified atom stereocenters. The van der Waals surface area contributed by atoms with Crippen molar-refractivity contribution in [3.05, 3.63) is 0 Å². The van der Waals surface area contributed by atoms with E-state index in [1.54, 1.807) is 0 Å². The number of nitrogens with zero attached hydrogens (tertiary/aromatic N) is 1. The third-order valence-corrected chi connectivity index (χ3v) is 6.85. The van der Waals surface area contributed by atoms with Crippen LogP contribution in [-0.2, 0) is 4.79 Å². The Bertz CT molecular complexity index is 384. The fourth-order valence-corrected chi connectivity index (χ4v) is 6.45. The molecule has 0 radical (unpaired) electrons. The van der Waals surface area contributed by atoms with Gasteiger partial charge in [0.05, 0.1) is 12.6 Å². The van der Waals surface area contributed by atoms with E-state index in [-0.39, 0.29) is 12.6 Å². The summed E-state index contributed by atoms with van der Waals surface area (Å²) in [5.41, 5.74) is 0.337. The Labute approximate surface area is 128 Å². The first-order chi connectivity index (χ1) is 10.2. The van der Waals surface area contributed by atoms with Gasteiger partial charge in [0.15, 0.2) is 0 Å².